The first-order chi connectivity index (χ1) is 14.9. The van der Waals surface area contributed by atoms with E-state index in [1.54, 1.807) is 13.8 Å². The van der Waals surface area contributed by atoms with Gasteiger partial charge in [-0.15, -0.1) is 11.3 Å². The zero-order chi connectivity index (χ0) is 21.8. The fraction of sp³-hybridized carbons (Fsp3) is 0.640. The van der Waals surface area contributed by atoms with Crippen molar-refractivity contribution in [1.29, 1.82) is 0 Å². The van der Waals surface area contributed by atoms with E-state index in [2.05, 4.69) is 44.8 Å². The number of benzene rings is 1. The Balaban J connectivity index is 1.16. The molecule has 2 aliphatic rings. The standard InChI is InChI=1S/C25H37N3O2S/c1-25(2,30)18-24(29)26-20-8-6-19(7-9-20)10-12-27-13-15-28(16-14-27)22-4-3-5-23-21(22)11-17-31-23/h3-5,11,17,19-20,30H,6-10,12-16,18H2,1-2H3,(H,26,29). The smallest absolute Gasteiger partial charge is 0.223 e. The minimum absolute atomic E-state index is 0.0213. The molecule has 2 aromatic rings. The van der Waals surface area contributed by atoms with Crippen molar-refractivity contribution in [2.24, 2.45) is 5.92 Å². The third kappa shape index (κ3) is 6.21. The zero-order valence-corrected chi connectivity index (χ0v) is 19.8. The summed E-state index contributed by atoms with van der Waals surface area (Å²) in [7, 11) is 0. The number of hydrogen-bond acceptors (Lipinski definition) is 5. The Morgan fingerprint density at radius 1 is 1.13 bits per heavy atom. The number of thiophene rings is 1. The molecule has 6 heteroatoms. The maximum Gasteiger partial charge on any atom is 0.223 e. The van der Waals surface area contributed by atoms with Crippen molar-refractivity contribution in [3.05, 3.63) is 29.6 Å². The number of fused-ring (bicyclic) bond motifs is 1. The summed E-state index contributed by atoms with van der Waals surface area (Å²) in [6.07, 6.45) is 5.99. The first-order valence-corrected chi connectivity index (χ1v) is 12.7. The Bertz CT molecular complexity index is 859. The van der Waals surface area contributed by atoms with Gasteiger partial charge < -0.3 is 15.3 Å². The highest BCUT2D eigenvalue weighted by Crippen LogP contribution is 2.31. The van der Waals surface area contributed by atoms with Gasteiger partial charge in [-0.1, -0.05) is 6.07 Å². The van der Waals surface area contributed by atoms with Gasteiger partial charge in [0, 0.05) is 48.0 Å². The number of nitrogens with one attached hydrogen (secondary N) is 1. The molecule has 1 aliphatic carbocycles. The molecule has 1 amide bonds. The van der Waals surface area contributed by atoms with Crippen LogP contribution in [0.15, 0.2) is 29.6 Å². The van der Waals surface area contributed by atoms with Crippen LogP contribution in [-0.4, -0.2) is 60.3 Å². The van der Waals surface area contributed by atoms with Gasteiger partial charge in [-0.2, -0.15) is 0 Å². The minimum atomic E-state index is -0.929. The number of rotatable bonds is 7. The van der Waals surface area contributed by atoms with Gasteiger partial charge >= 0.3 is 0 Å². The molecule has 0 spiro atoms. The molecule has 1 aliphatic heterocycles. The summed E-state index contributed by atoms with van der Waals surface area (Å²) in [6, 6.07) is 9.21. The second-order valence-electron chi connectivity index (χ2n) is 10.0. The van der Waals surface area contributed by atoms with Gasteiger partial charge in [-0.25, -0.2) is 0 Å². The van der Waals surface area contributed by atoms with Crippen LogP contribution in [0.4, 0.5) is 5.69 Å². The van der Waals surface area contributed by atoms with Crippen LogP contribution < -0.4 is 10.2 Å². The second-order valence-corrected chi connectivity index (χ2v) is 10.9. The van der Waals surface area contributed by atoms with Crippen LogP contribution in [0, 0.1) is 5.92 Å². The second kappa shape index (κ2) is 9.88. The quantitative estimate of drug-likeness (QED) is 0.672. The number of anilines is 1. The maximum absolute atomic E-state index is 12.0. The summed E-state index contributed by atoms with van der Waals surface area (Å²) in [5.41, 5.74) is 0.463. The summed E-state index contributed by atoms with van der Waals surface area (Å²) in [6.45, 7) is 9.06. The van der Waals surface area contributed by atoms with Crippen molar-refractivity contribution in [3.8, 4) is 0 Å². The SMILES string of the molecule is CC(C)(O)CC(=O)NC1CCC(CCN2CCN(c3cccc4sccc34)CC2)CC1. The Morgan fingerprint density at radius 3 is 2.58 bits per heavy atom. The number of carbonyl (C=O) groups excluding carboxylic acids is 1. The fourth-order valence-electron chi connectivity index (χ4n) is 5.10. The molecule has 2 fully saturated rings. The summed E-state index contributed by atoms with van der Waals surface area (Å²) in [5.74, 6) is 0.756. The Labute approximate surface area is 190 Å². The molecule has 0 atom stereocenters. The molecule has 31 heavy (non-hydrogen) atoms. The largest absolute Gasteiger partial charge is 0.390 e. The first kappa shape index (κ1) is 22.6. The molecule has 170 valence electrons. The van der Waals surface area contributed by atoms with E-state index in [4.69, 9.17) is 0 Å². The highest BCUT2D eigenvalue weighted by molar-refractivity contribution is 7.17. The Kier molecular flexibility index (Phi) is 7.19. The topological polar surface area (TPSA) is 55.8 Å². The van der Waals surface area contributed by atoms with Crippen molar-refractivity contribution in [2.45, 2.75) is 64.0 Å². The first-order valence-electron chi connectivity index (χ1n) is 11.8. The van der Waals surface area contributed by atoms with Crippen molar-refractivity contribution in [1.82, 2.24) is 10.2 Å². The summed E-state index contributed by atoms with van der Waals surface area (Å²) >= 11 is 1.82. The predicted molar refractivity (Wildman–Crippen MR) is 130 cm³/mol. The van der Waals surface area contributed by atoms with Gasteiger partial charge in [0.1, 0.15) is 0 Å². The molecule has 0 unspecified atom stereocenters. The van der Waals surface area contributed by atoms with E-state index in [1.807, 2.05) is 11.3 Å². The highest BCUT2D eigenvalue weighted by Gasteiger charge is 2.26. The third-order valence-corrected chi connectivity index (χ3v) is 7.73. The fourth-order valence-corrected chi connectivity index (χ4v) is 5.91. The molecule has 0 bridgehead atoms. The number of hydrogen-bond donors (Lipinski definition) is 2. The molecule has 1 aromatic carbocycles. The molecular formula is C25H37N3O2S. The van der Waals surface area contributed by atoms with Crippen molar-refractivity contribution in [3.63, 3.8) is 0 Å². The lowest BCUT2D eigenvalue weighted by Gasteiger charge is -2.37. The van der Waals surface area contributed by atoms with E-state index in [9.17, 15) is 9.90 Å². The molecule has 0 radical (unpaired) electrons. The van der Waals surface area contributed by atoms with Gasteiger partial charge in [0.2, 0.25) is 5.91 Å². The van der Waals surface area contributed by atoms with Gasteiger partial charge in [-0.3, -0.25) is 9.69 Å². The monoisotopic (exact) mass is 443 g/mol. The van der Waals surface area contributed by atoms with Crippen molar-refractivity contribution in [2.75, 3.05) is 37.6 Å². The van der Waals surface area contributed by atoms with Crippen molar-refractivity contribution < 1.29 is 9.90 Å². The Morgan fingerprint density at radius 2 is 1.87 bits per heavy atom. The van der Waals surface area contributed by atoms with Gasteiger partial charge in [0.05, 0.1) is 12.0 Å². The van der Waals surface area contributed by atoms with E-state index in [-0.39, 0.29) is 18.4 Å². The van der Waals surface area contributed by atoms with E-state index in [0.29, 0.717) is 0 Å². The average Bonchev–Trinajstić information content (AvgIpc) is 3.21. The molecular weight excluding hydrogens is 406 g/mol. The number of nitrogens with zero attached hydrogens (tertiary/aromatic N) is 2. The average molecular weight is 444 g/mol. The zero-order valence-electron chi connectivity index (χ0n) is 19.0. The lowest BCUT2D eigenvalue weighted by Crippen LogP contribution is -2.47. The summed E-state index contributed by atoms with van der Waals surface area (Å²) in [5, 5.41) is 16.5. The summed E-state index contributed by atoms with van der Waals surface area (Å²) in [4.78, 5) is 17.2. The minimum Gasteiger partial charge on any atom is -0.390 e. The van der Waals surface area contributed by atoms with Gasteiger partial charge in [0.25, 0.3) is 0 Å². The molecule has 2 heterocycles. The van der Waals surface area contributed by atoms with Gasteiger partial charge in [0.15, 0.2) is 0 Å². The molecule has 1 aromatic heterocycles. The summed E-state index contributed by atoms with van der Waals surface area (Å²) < 4.78 is 1.38. The molecule has 4 rings (SSSR count). The van der Waals surface area contributed by atoms with Crippen LogP contribution in [-0.2, 0) is 4.79 Å². The maximum atomic E-state index is 12.0. The number of piperazine rings is 1. The van der Waals surface area contributed by atoms with E-state index >= 15 is 0 Å². The van der Waals surface area contributed by atoms with Crippen LogP contribution in [0.1, 0.15) is 52.4 Å². The lowest BCUT2D eigenvalue weighted by atomic mass is 9.84. The lowest BCUT2D eigenvalue weighted by molar-refractivity contribution is -0.125. The van der Waals surface area contributed by atoms with E-state index in [1.165, 1.54) is 41.6 Å². The normalized spacial score (nSPS) is 23.3. The molecule has 1 saturated heterocycles. The van der Waals surface area contributed by atoms with Gasteiger partial charge in [-0.05, 0) is 82.0 Å². The number of amides is 1. The predicted octanol–water partition coefficient (Wildman–Crippen LogP) is 4.25. The Hall–Kier alpha value is -1.63. The number of aliphatic hydroxyl groups is 1. The highest BCUT2D eigenvalue weighted by atomic mass is 32.1. The van der Waals surface area contributed by atoms with Crippen LogP contribution >= 0.6 is 11.3 Å². The van der Waals surface area contributed by atoms with Crippen molar-refractivity contribution >= 4 is 33.0 Å². The molecule has 2 N–H and O–H groups in total. The van der Waals surface area contributed by atoms with E-state index in [0.717, 1.165) is 44.9 Å². The van der Waals surface area contributed by atoms with Crippen LogP contribution in [0.5, 0.6) is 0 Å². The van der Waals surface area contributed by atoms with Crippen LogP contribution in [0.2, 0.25) is 0 Å². The number of carbonyl (C=O) groups is 1. The third-order valence-electron chi connectivity index (χ3n) is 6.84. The van der Waals surface area contributed by atoms with E-state index < -0.39 is 5.60 Å². The molecule has 1 saturated carbocycles. The van der Waals surface area contributed by atoms with Crippen LogP contribution in [0.25, 0.3) is 10.1 Å². The molecule has 5 nitrogen and oxygen atoms in total. The van der Waals surface area contributed by atoms with Crippen LogP contribution in [0.3, 0.4) is 0 Å².